The van der Waals surface area contributed by atoms with Crippen LogP contribution in [-0.2, 0) is 6.54 Å². The fraction of sp³-hybridized carbons (Fsp3) is 0.0769. The average Bonchev–Trinajstić information content (AvgIpc) is 2.32. The first kappa shape index (κ1) is 14.6. The van der Waals surface area contributed by atoms with Gasteiger partial charge in [0, 0.05) is 22.2 Å². The van der Waals surface area contributed by atoms with Crippen LogP contribution in [0.4, 0.5) is 5.69 Å². The number of benzene rings is 2. The number of anilines is 1. The summed E-state index contributed by atoms with van der Waals surface area (Å²) in [5.41, 5.74) is 1.21. The van der Waals surface area contributed by atoms with Crippen molar-refractivity contribution in [3.8, 4) is 5.75 Å². The second kappa shape index (κ2) is 6.10. The summed E-state index contributed by atoms with van der Waals surface area (Å²) in [6, 6.07) is 8.00. The van der Waals surface area contributed by atoms with Gasteiger partial charge in [-0.3, -0.25) is 0 Å². The minimum Gasteiger partial charge on any atom is -0.508 e. The summed E-state index contributed by atoms with van der Waals surface area (Å²) in [5, 5.41) is 14.6. The lowest BCUT2D eigenvalue weighted by Crippen LogP contribution is -2.01. The maximum Gasteiger partial charge on any atom is 0.120 e. The van der Waals surface area contributed by atoms with E-state index in [2.05, 4.69) is 5.32 Å². The van der Waals surface area contributed by atoms with E-state index in [4.69, 9.17) is 46.4 Å². The Bertz CT molecular complexity index is 593. The molecule has 0 saturated heterocycles. The highest BCUT2D eigenvalue weighted by Crippen LogP contribution is 2.34. The Morgan fingerprint density at radius 1 is 0.895 bits per heavy atom. The van der Waals surface area contributed by atoms with E-state index in [1.807, 2.05) is 0 Å². The van der Waals surface area contributed by atoms with Crippen LogP contribution in [0.3, 0.4) is 0 Å². The zero-order valence-electron chi connectivity index (χ0n) is 9.55. The van der Waals surface area contributed by atoms with Crippen molar-refractivity contribution in [1.82, 2.24) is 0 Å². The van der Waals surface area contributed by atoms with Crippen molar-refractivity contribution < 1.29 is 5.11 Å². The molecule has 19 heavy (non-hydrogen) atoms. The molecule has 0 atom stereocenters. The molecule has 0 spiro atoms. The van der Waals surface area contributed by atoms with Gasteiger partial charge in [0.25, 0.3) is 0 Å². The largest absolute Gasteiger partial charge is 0.508 e. The van der Waals surface area contributed by atoms with Gasteiger partial charge in [0.15, 0.2) is 0 Å². The third kappa shape index (κ3) is 3.61. The minimum absolute atomic E-state index is 0.151. The highest BCUT2D eigenvalue weighted by atomic mass is 35.5. The summed E-state index contributed by atoms with van der Waals surface area (Å²) in [6.45, 7) is 0.341. The lowest BCUT2D eigenvalue weighted by Gasteiger charge is -2.12. The number of rotatable bonds is 3. The summed E-state index contributed by atoms with van der Waals surface area (Å²) < 4.78 is 0. The molecule has 6 heteroatoms. The fourth-order valence-corrected chi connectivity index (χ4v) is 2.74. The quantitative estimate of drug-likeness (QED) is 0.762. The molecule has 0 aliphatic heterocycles. The Kier molecular flexibility index (Phi) is 4.69. The standard InChI is InChI=1S/C13H9Cl4NO/c14-8-1-2-12(19)7(3-8)6-18-13-10(16)4-9(15)5-11(13)17/h1-5,18-19H,6H2. The smallest absolute Gasteiger partial charge is 0.120 e. The molecule has 2 N–H and O–H groups in total. The third-order valence-electron chi connectivity index (χ3n) is 2.50. The number of halogens is 4. The predicted octanol–water partition coefficient (Wildman–Crippen LogP) is 5.62. The molecule has 0 unspecified atom stereocenters. The second-order valence-corrected chi connectivity index (χ2v) is 5.56. The van der Waals surface area contributed by atoms with Crippen LogP contribution < -0.4 is 5.32 Å². The minimum atomic E-state index is 0.151. The third-order valence-corrected chi connectivity index (χ3v) is 3.55. The van der Waals surface area contributed by atoms with E-state index in [1.165, 1.54) is 6.07 Å². The molecule has 0 aromatic heterocycles. The summed E-state index contributed by atoms with van der Waals surface area (Å²) in [6.07, 6.45) is 0. The molecular formula is C13H9Cl4NO. The number of phenols is 1. The summed E-state index contributed by atoms with van der Waals surface area (Å²) >= 11 is 23.8. The SMILES string of the molecule is Oc1ccc(Cl)cc1CNc1c(Cl)cc(Cl)cc1Cl. The van der Waals surface area contributed by atoms with Crippen LogP contribution in [0.5, 0.6) is 5.75 Å². The molecule has 0 amide bonds. The van der Waals surface area contributed by atoms with Crippen molar-refractivity contribution in [3.63, 3.8) is 0 Å². The molecule has 2 aromatic carbocycles. The lowest BCUT2D eigenvalue weighted by atomic mass is 10.2. The Morgan fingerprint density at radius 3 is 2.16 bits per heavy atom. The van der Waals surface area contributed by atoms with Crippen LogP contribution in [0.15, 0.2) is 30.3 Å². The van der Waals surface area contributed by atoms with Gasteiger partial charge in [-0.05, 0) is 30.3 Å². The van der Waals surface area contributed by atoms with Crippen molar-refractivity contribution in [2.24, 2.45) is 0 Å². The van der Waals surface area contributed by atoms with Gasteiger partial charge in [-0.1, -0.05) is 46.4 Å². The van der Waals surface area contributed by atoms with Gasteiger partial charge in [0.05, 0.1) is 15.7 Å². The molecule has 0 bridgehead atoms. The molecule has 0 radical (unpaired) electrons. The highest BCUT2D eigenvalue weighted by molar-refractivity contribution is 6.41. The van der Waals surface area contributed by atoms with E-state index in [9.17, 15) is 5.11 Å². The van der Waals surface area contributed by atoms with E-state index in [0.717, 1.165) is 0 Å². The van der Waals surface area contributed by atoms with E-state index < -0.39 is 0 Å². The summed E-state index contributed by atoms with van der Waals surface area (Å²) in [4.78, 5) is 0. The van der Waals surface area contributed by atoms with E-state index in [1.54, 1.807) is 24.3 Å². The molecule has 0 heterocycles. The maximum atomic E-state index is 9.71. The first-order chi connectivity index (χ1) is 8.97. The predicted molar refractivity (Wildman–Crippen MR) is 81.9 cm³/mol. The van der Waals surface area contributed by atoms with Crippen LogP contribution in [0.2, 0.25) is 20.1 Å². The van der Waals surface area contributed by atoms with Crippen LogP contribution in [0.1, 0.15) is 5.56 Å². The highest BCUT2D eigenvalue weighted by Gasteiger charge is 2.09. The van der Waals surface area contributed by atoms with Crippen molar-refractivity contribution in [1.29, 1.82) is 0 Å². The van der Waals surface area contributed by atoms with Gasteiger partial charge in [-0.25, -0.2) is 0 Å². The normalized spacial score (nSPS) is 10.5. The number of hydrogen-bond donors (Lipinski definition) is 2. The molecular weight excluding hydrogens is 328 g/mol. The van der Waals surface area contributed by atoms with E-state index in [-0.39, 0.29) is 5.75 Å². The number of nitrogens with one attached hydrogen (secondary N) is 1. The monoisotopic (exact) mass is 335 g/mol. The van der Waals surface area contributed by atoms with Gasteiger partial charge in [0.2, 0.25) is 0 Å². The second-order valence-electron chi connectivity index (χ2n) is 3.87. The van der Waals surface area contributed by atoms with Gasteiger partial charge in [-0.2, -0.15) is 0 Å². The van der Waals surface area contributed by atoms with E-state index >= 15 is 0 Å². The van der Waals surface area contributed by atoms with Crippen molar-refractivity contribution in [2.45, 2.75) is 6.54 Å². The maximum absolute atomic E-state index is 9.71. The zero-order valence-corrected chi connectivity index (χ0v) is 12.6. The average molecular weight is 337 g/mol. The molecule has 2 nitrogen and oxygen atoms in total. The first-order valence-corrected chi connectivity index (χ1v) is 6.84. The molecule has 2 aromatic rings. The molecule has 0 aliphatic rings. The fourth-order valence-electron chi connectivity index (χ4n) is 1.59. The van der Waals surface area contributed by atoms with Crippen molar-refractivity contribution in [2.75, 3.05) is 5.32 Å². The van der Waals surface area contributed by atoms with Crippen LogP contribution >= 0.6 is 46.4 Å². The van der Waals surface area contributed by atoms with Crippen LogP contribution in [0, 0.1) is 0 Å². The van der Waals surface area contributed by atoms with Gasteiger partial charge < -0.3 is 10.4 Å². The first-order valence-electron chi connectivity index (χ1n) is 5.33. The molecule has 0 fully saturated rings. The van der Waals surface area contributed by atoms with Crippen LogP contribution in [0.25, 0.3) is 0 Å². The number of hydrogen-bond acceptors (Lipinski definition) is 2. The molecule has 0 saturated carbocycles. The van der Waals surface area contributed by atoms with Crippen molar-refractivity contribution >= 4 is 52.1 Å². The summed E-state index contributed by atoms with van der Waals surface area (Å²) in [7, 11) is 0. The van der Waals surface area contributed by atoms with Crippen LogP contribution in [-0.4, -0.2) is 5.11 Å². The number of phenolic OH excluding ortho intramolecular Hbond substituents is 1. The Morgan fingerprint density at radius 2 is 1.53 bits per heavy atom. The number of aromatic hydroxyl groups is 1. The molecule has 2 rings (SSSR count). The van der Waals surface area contributed by atoms with Crippen molar-refractivity contribution in [3.05, 3.63) is 56.0 Å². The Balaban J connectivity index is 2.21. The van der Waals surface area contributed by atoms with Gasteiger partial charge >= 0.3 is 0 Å². The molecule has 0 aliphatic carbocycles. The van der Waals surface area contributed by atoms with E-state index in [0.29, 0.717) is 37.9 Å². The molecule has 100 valence electrons. The summed E-state index contributed by atoms with van der Waals surface area (Å²) in [5.74, 6) is 0.151. The topological polar surface area (TPSA) is 32.3 Å². The lowest BCUT2D eigenvalue weighted by molar-refractivity contribution is 0.469. The zero-order chi connectivity index (χ0) is 14.0. The van der Waals surface area contributed by atoms with Gasteiger partial charge in [0.1, 0.15) is 5.75 Å². The Labute approximate surface area is 130 Å². The Hall–Kier alpha value is -0.800. The van der Waals surface area contributed by atoms with Gasteiger partial charge in [-0.15, -0.1) is 0 Å².